The minimum atomic E-state index is -0.897. The van der Waals surface area contributed by atoms with Gasteiger partial charge >= 0.3 is 5.97 Å². The number of rotatable bonds is 4. The summed E-state index contributed by atoms with van der Waals surface area (Å²) < 4.78 is 2.13. The Hall–Kier alpha value is -1.84. The molecule has 114 valence electrons. The zero-order valence-electron chi connectivity index (χ0n) is 13.5. The highest BCUT2D eigenvalue weighted by Crippen LogP contribution is 2.32. The summed E-state index contributed by atoms with van der Waals surface area (Å²) in [6, 6.07) is 5.55. The summed E-state index contributed by atoms with van der Waals surface area (Å²) in [4.78, 5) is 16.3. The van der Waals surface area contributed by atoms with Crippen LogP contribution < -0.4 is 0 Å². The maximum atomic E-state index is 11.6. The summed E-state index contributed by atoms with van der Waals surface area (Å²) in [5.74, 6) is 0.0538. The highest BCUT2D eigenvalue weighted by atomic mass is 16.4. The number of fused-ring (bicyclic) bond motifs is 1. The molecule has 1 aromatic heterocycles. The second-order valence-electron chi connectivity index (χ2n) is 6.67. The number of carbonyl (C=O) groups is 1. The Morgan fingerprint density at radius 3 is 2.57 bits per heavy atom. The van der Waals surface area contributed by atoms with Gasteiger partial charge in [-0.2, -0.15) is 0 Å². The van der Waals surface area contributed by atoms with Crippen LogP contribution in [0.5, 0.6) is 0 Å². The number of hydrogen-bond acceptors (Lipinski definition) is 2. The van der Waals surface area contributed by atoms with Gasteiger partial charge in [0, 0.05) is 11.5 Å². The van der Waals surface area contributed by atoms with E-state index in [4.69, 9.17) is 4.98 Å². The van der Waals surface area contributed by atoms with Crippen molar-refractivity contribution in [2.24, 2.45) is 0 Å². The van der Waals surface area contributed by atoms with Gasteiger partial charge in [-0.3, -0.25) is 0 Å². The van der Waals surface area contributed by atoms with E-state index >= 15 is 0 Å². The number of aromatic carboxylic acids is 1. The largest absolute Gasteiger partial charge is 0.478 e. The maximum absolute atomic E-state index is 11.6. The van der Waals surface area contributed by atoms with E-state index in [1.54, 1.807) is 12.1 Å². The topological polar surface area (TPSA) is 55.1 Å². The van der Waals surface area contributed by atoms with Crippen molar-refractivity contribution in [2.45, 2.75) is 58.9 Å². The van der Waals surface area contributed by atoms with E-state index in [-0.39, 0.29) is 11.5 Å². The average molecular weight is 288 g/mol. The van der Waals surface area contributed by atoms with Crippen molar-refractivity contribution in [2.75, 3.05) is 0 Å². The number of para-hydroxylation sites is 1. The van der Waals surface area contributed by atoms with Gasteiger partial charge in [-0.25, -0.2) is 9.78 Å². The SMILES string of the molecule is CCCC(C)n1c(C(C)(C)C)nc2cccc(C(=O)O)c21. The van der Waals surface area contributed by atoms with Gasteiger partial charge in [0.25, 0.3) is 0 Å². The molecule has 0 fully saturated rings. The van der Waals surface area contributed by atoms with Gasteiger partial charge in [0.15, 0.2) is 0 Å². The van der Waals surface area contributed by atoms with E-state index in [0.717, 1.165) is 29.7 Å². The molecule has 0 aliphatic carbocycles. The van der Waals surface area contributed by atoms with Crippen LogP contribution in [0.2, 0.25) is 0 Å². The predicted octanol–water partition coefficient (Wildman–Crippen LogP) is 4.39. The van der Waals surface area contributed by atoms with Crippen LogP contribution in [0, 0.1) is 0 Å². The summed E-state index contributed by atoms with van der Waals surface area (Å²) in [5, 5.41) is 9.49. The predicted molar refractivity (Wildman–Crippen MR) is 85.0 cm³/mol. The molecule has 0 radical (unpaired) electrons. The lowest BCUT2D eigenvalue weighted by Crippen LogP contribution is -2.21. The molecule has 2 aromatic rings. The Morgan fingerprint density at radius 2 is 2.05 bits per heavy atom. The van der Waals surface area contributed by atoms with Crippen molar-refractivity contribution in [1.82, 2.24) is 9.55 Å². The van der Waals surface area contributed by atoms with E-state index in [0.29, 0.717) is 5.56 Å². The van der Waals surface area contributed by atoms with E-state index in [1.165, 1.54) is 0 Å². The second kappa shape index (κ2) is 5.51. The number of imidazole rings is 1. The van der Waals surface area contributed by atoms with Crippen LogP contribution in [-0.2, 0) is 5.41 Å². The maximum Gasteiger partial charge on any atom is 0.337 e. The molecule has 21 heavy (non-hydrogen) atoms. The van der Waals surface area contributed by atoms with Gasteiger partial charge in [0.2, 0.25) is 0 Å². The first-order valence-corrected chi connectivity index (χ1v) is 7.52. The molecule has 0 bridgehead atoms. The summed E-state index contributed by atoms with van der Waals surface area (Å²) >= 11 is 0. The number of nitrogens with zero attached hydrogens (tertiary/aromatic N) is 2. The minimum absolute atomic E-state index is 0.128. The van der Waals surface area contributed by atoms with Crippen molar-refractivity contribution in [3.63, 3.8) is 0 Å². The fourth-order valence-electron chi connectivity index (χ4n) is 2.83. The lowest BCUT2D eigenvalue weighted by molar-refractivity contribution is 0.0698. The Labute approximate surface area is 125 Å². The first kappa shape index (κ1) is 15.5. The van der Waals surface area contributed by atoms with Gasteiger partial charge in [0.1, 0.15) is 5.82 Å². The Bertz CT molecular complexity index is 665. The molecule has 0 aliphatic rings. The van der Waals surface area contributed by atoms with Gasteiger partial charge < -0.3 is 9.67 Å². The number of carboxylic acid groups (broad SMARTS) is 1. The molecule has 0 saturated carbocycles. The second-order valence-corrected chi connectivity index (χ2v) is 6.67. The molecular weight excluding hydrogens is 264 g/mol. The molecule has 0 spiro atoms. The minimum Gasteiger partial charge on any atom is -0.478 e. The molecular formula is C17H24N2O2. The summed E-state index contributed by atoms with van der Waals surface area (Å²) in [7, 11) is 0. The number of benzene rings is 1. The molecule has 1 aromatic carbocycles. The Balaban J connectivity index is 2.83. The van der Waals surface area contributed by atoms with Crippen molar-refractivity contribution < 1.29 is 9.90 Å². The number of hydrogen-bond donors (Lipinski definition) is 1. The standard InChI is InChI=1S/C17H24N2O2/c1-6-8-11(2)19-14-12(15(20)21)9-7-10-13(14)18-16(19)17(3,4)5/h7,9-11H,6,8H2,1-5H3,(H,20,21). The van der Waals surface area contributed by atoms with Gasteiger partial charge in [0.05, 0.1) is 16.6 Å². The van der Waals surface area contributed by atoms with Crippen LogP contribution in [-0.4, -0.2) is 20.6 Å². The van der Waals surface area contributed by atoms with Crippen LogP contribution in [0.4, 0.5) is 0 Å². The molecule has 4 nitrogen and oxygen atoms in total. The van der Waals surface area contributed by atoms with Crippen LogP contribution in [0.3, 0.4) is 0 Å². The number of aromatic nitrogens is 2. The molecule has 1 atom stereocenters. The average Bonchev–Trinajstić information content (AvgIpc) is 2.77. The third kappa shape index (κ3) is 2.80. The van der Waals surface area contributed by atoms with Crippen molar-refractivity contribution in [3.05, 3.63) is 29.6 Å². The zero-order chi connectivity index (χ0) is 15.8. The van der Waals surface area contributed by atoms with Crippen LogP contribution in [0.25, 0.3) is 11.0 Å². The number of carboxylic acids is 1. The van der Waals surface area contributed by atoms with Crippen LogP contribution in [0.1, 0.15) is 69.7 Å². The molecule has 1 unspecified atom stereocenters. The van der Waals surface area contributed by atoms with Crippen molar-refractivity contribution in [1.29, 1.82) is 0 Å². The van der Waals surface area contributed by atoms with Crippen LogP contribution in [0.15, 0.2) is 18.2 Å². The Morgan fingerprint density at radius 1 is 1.38 bits per heavy atom. The lowest BCUT2D eigenvalue weighted by Gasteiger charge is -2.24. The highest BCUT2D eigenvalue weighted by molar-refractivity contribution is 6.01. The molecule has 0 amide bonds. The molecule has 2 rings (SSSR count). The molecule has 4 heteroatoms. The molecule has 1 heterocycles. The molecule has 1 N–H and O–H groups in total. The van der Waals surface area contributed by atoms with Gasteiger partial charge in [-0.05, 0) is 25.5 Å². The zero-order valence-corrected chi connectivity index (χ0v) is 13.5. The first-order chi connectivity index (χ1) is 9.77. The monoisotopic (exact) mass is 288 g/mol. The van der Waals surface area contributed by atoms with E-state index < -0.39 is 5.97 Å². The van der Waals surface area contributed by atoms with E-state index in [1.807, 2.05) is 6.07 Å². The first-order valence-electron chi connectivity index (χ1n) is 7.52. The van der Waals surface area contributed by atoms with Crippen LogP contribution >= 0.6 is 0 Å². The Kier molecular flexibility index (Phi) is 4.08. The highest BCUT2D eigenvalue weighted by Gasteiger charge is 2.27. The smallest absolute Gasteiger partial charge is 0.337 e. The van der Waals surface area contributed by atoms with Crippen molar-refractivity contribution in [3.8, 4) is 0 Å². The fourth-order valence-corrected chi connectivity index (χ4v) is 2.83. The molecule has 0 saturated heterocycles. The van der Waals surface area contributed by atoms with E-state index in [2.05, 4.69) is 39.2 Å². The lowest BCUT2D eigenvalue weighted by atomic mass is 9.95. The normalized spacial score (nSPS) is 13.6. The summed E-state index contributed by atoms with van der Waals surface area (Å²) in [6.45, 7) is 10.6. The summed E-state index contributed by atoms with van der Waals surface area (Å²) in [5.41, 5.74) is 1.72. The van der Waals surface area contributed by atoms with Gasteiger partial charge in [-0.1, -0.05) is 40.2 Å². The molecule has 0 aliphatic heterocycles. The fraction of sp³-hybridized carbons (Fsp3) is 0.529. The van der Waals surface area contributed by atoms with Gasteiger partial charge in [-0.15, -0.1) is 0 Å². The summed E-state index contributed by atoms with van der Waals surface area (Å²) in [6.07, 6.45) is 2.06. The van der Waals surface area contributed by atoms with E-state index in [9.17, 15) is 9.90 Å². The van der Waals surface area contributed by atoms with Crippen molar-refractivity contribution >= 4 is 17.0 Å². The third-order valence-corrected chi connectivity index (χ3v) is 3.76. The quantitative estimate of drug-likeness (QED) is 0.907. The third-order valence-electron chi connectivity index (χ3n) is 3.76.